The van der Waals surface area contributed by atoms with Crippen LogP contribution in [0.3, 0.4) is 0 Å². The summed E-state index contributed by atoms with van der Waals surface area (Å²) in [7, 11) is 0. The molecular weight excluding hydrogens is 419 g/mol. The lowest BCUT2D eigenvalue weighted by Crippen LogP contribution is -2.09. The van der Waals surface area contributed by atoms with Crippen molar-refractivity contribution < 1.29 is 9.53 Å². The van der Waals surface area contributed by atoms with Crippen molar-refractivity contribution in [1.82, 2.24) is 0 Å². The first-order valence-corrected chi connectivity index (χ1v) is 7.66. The number of ether oxygens (including phenoxy) is 1. The molecule has 0 aliphatic heterocycles. The Bertz CT molecular complexity index is 598. The Hall–Kier alpha value is -0.880. The summed E-state index contributed by atoms with van der Waals surface area (Å²) in [4.78, 5) is 12.1. The number of hydrogen-bond donors (Lipinski definition) is 0. The van der Waals surface area contributed by atoms with Crippen LogP contribution in [0.15, 0.2) is 53.0 Å². The molecule has 0 radical (unpaired) electrons. The Labute approximate surface area is 134 Å². The van der Waals surface area contributed by atoms with Crippen molar-refractivity contribution in [2.45, 2.75) is 13.0 Å². The van der Waals surface area contributed by atoms with E-state index in [4.69, 9.17) is 4.74 Å². The van der Waals surface area contributed by atoms with Gasteiger partial charge in [-0.1, -0.05) is 40.2 Å². The molecule has 0 unspecified atom stereocenters. The molecule has 0 saturated carbocycles. The smallest absolute Gasteiger partial charge is 0.338 e. The van der Waals surface area contributed by atoms with E-state index in [9.17, 15) is 4.79 Å². The van der Waals surface area contributed by atoms with Gasteiger partial charge in [0.05, 0.1) is 5.56 Å². The van der Waals surface area contributed by atoms with E-state index in [0.717, 1.165) is 13.6 Å². The maximum atomic E-state index is 12.1. The van der Waals surface area contributed by atoms with E-state index in [0.29, 0.717) is 5.56 Å². The van der Waals surface area contributed by atoms with Gasteiger partial charge < -0.3 is 4.74 Å². The topological polar surface area (TPSA) is 26.3 Å². The van der Waals surface area contributed by atoms with Crippen molar-refractivity contribution in [2.75, 3.05) is 0 Å². The highest BCUT2D eigenvalue weighted by atomic mass is 127. The lowest BCUT2D eigenvalue weighted by Gasteiger charge is -2.15. The number of benzene rings is 2. The molecule has 2 aromatic rings. The Morgan fingerprint density at radius 2 is 1.95 bits per heavy atom. The van der Waals surface area contributed by atoms with Crippen LogP contribution in [0.4, 0.5) is 0 Å². The zero-order chi connectivity index (χ0) is 13.8. The van der Waals surface area contributed by atoms with Crippen LogP contribution in [0.1, 0.15) is 28.9 Å². The van der Waals surface area contributed by atoms with Gasteiger partial charge in [0.2, 0.25) is 0 Å². The van der Waals surface area contributed by atoms with Gasteiger partial charge in [0.15, 0.2) is 0 Å². The van der Waals surface area contributed by atoms with Crippen LogP contribution in [0.2, 0.25) is 0 Å². The highest BCUT2D eigenvalue weighted by Crippen LogP contribution is 2.26. The molecule has 2 aromatic carbocycles. The van der Waals surface area contributed by atoms with Crippen LogP contribution >= 0.6 is 38.5 Å². The molecule has 0 fully saturated rings. The molecule has 19 heavy (non-hydrogen) atoms. The quantitative estimate of drug-likeness (QED) is 0.507. The average molecular weight is 431 g/mol. The minimum absolute atomic E-state index is 0.291. The minimum atomic E-state index is -0.304. The molecule has 0 aromatic heterocycles. The highest BCUT2D eigenvalue weighted by Gasteiger charge is 2.15. The van der Waals surface area contributed by atoms with Crippen LogP contribution in [0.5, 0.6) is 0 Å². The Morgan fingerprint density at radius 1 is 1.21 bits per heavy atom. The van der Waals surface area contributed by atoms with Gasteiger partial charge in [-0.05, 0) is 53.8 Å². The van der Waals surface area contributed by atoms with Crippen molar-refractivity contribution in [1.29, 1.82) is 0 Å². The molecule has 0 bridgehead atoms. The molecule has 2 rings (SSSR count). The fraction of sp³-hybridized carbons (Fsp3) is 0.133. The third kappa shape index (κ3) is 3.79. The van der Waals surface area contributed by atoms with Gasteiger partial charge in [-0.25, -0.2) is 4.79 Å². The fourth-order valence-electron chi connectivity index (χ4n) is 1.71. The second-order valence-corrected chi connectivity index (χ2v) is 6.18. The molecule has 0 heterocycles. The summed E-state index contributed by atoms with van der Waals surface area (Å²) in [5, 5.41) is 0. The summed E-state index contributed by atoms with van der Waals surface area (Å²) >= 11 is 5.64. The summed E-state index contributed by atoms with van der Waals surface area (Å²) in [6, 6.07) is 15.1. The van der Waals surface area contributed by atoms with Gasteiger partial charge in [0, 0.05) is 13.6 Å². The number of esters is 1. The summed E-state index contributed by atoms with van der Waals surface area (Å²) in [5.41, 5.74) is 1.53. The van der Waals surface area contributed by atoms with Gasteiger partial charge in [0.25, 0.3) is 0 Å². The van der Waals surface area contributed by atoms with Crippen molar-refractivity contribution in [3.05, 3.63) is 67.7 Å². The van der Waals surface area contributed by atoms with E-state index in [1.165, 1.54) is 0 Å². The van der Waals surface area contributed by atoms with Crippen molar-refractivity contribution in [2.24, 2.45) is 0 Å². The van der Waals surface area contributed by atoms with E-state index < -0.39 is 0 Å². The summed E-state index contributed by atoms with van der Waals surface area (Å²) in [6.07, 6.45) is -0.291. The maximum Gasteiger partial charge on any atom is 0.338 e. The molecule has 1 atom stereocenters. The zero-order valence-corrected chi connectivity index (χ0v) is 14.0. The SMILES string of the molecule is C[C@H](OC(=O)c1cccc(I)c1)c1ccccc1Br. The summed E-state index contributed by atoms with van der Waals surface area (Å²) in [6.45, 7) is 1.87. The number of halogens is 2. The van der Waals surface area contributed by atoms with Gasteiger partial charge in [0.1, 0.15) is 6.10 Å². The van der Waals surface area contributed by atoms with E-state index in [-0.39, 0.29) is 12.1 Å². The van der Waals surface area contributed by atoms with Gasteiger partial charge in [-0.2, -0.15) is 0 Å². The monoisotopic (exact) mass is 430 g/mol. The lowest BCUT2D eigenvalue weighted by molar-refractivity contribution is 0.0336. The Morgan fingerprint density at radius 3 is 2.63 bits per heavy atom. The van der Waals surface area contributed by atoms with Crippen LogP contribution < -0.4 is 0 Å². The van der Waals surface area contributed by atoms with E-state index in [1.807, 2.05) is 49.4 Å². The minimum Gasteiger partial charge on any atom is -0.454 e. The molecule has 0 amide bonds. The van der Waals surface area contributed by atoms with E-state index in [2.05, 4.69) is 38.5 Å². The van der Waals surface area contributed by atoms with Crippen molar-refractivity contribution in [3.63, 3.8) is 0 Å². The molecule has 98 valence electrons. The van der Waals surface area contributed by atoms with Crippen molar-refractivity contribution >= 4 is 44.5 Å². The van der Waals surface area contributed by atoms with Crippen LogP contribution in [0.25, 0.3) is 0 Å². The molecular formula is C15H12BrIO2. The van der Waals surface area contributed by atoms with Crippen molar-refractivity contribution in [3.8, 4) is 0 Å². The number of hydrogen-bond acceptors (Lipinski definition) is 2. The first-order chi connectivity index (χ1) is 9.08. The first kappa shape index (κ1) is 14.5. The highest BCUT2D eigenvalue weighted by molar-refractivity contribution is 14.1. The molecule has 4 heteroatoms. The molecule has 0 saturated heterocycles. The Kier molecular flexibility index (Phi) is 4.99. The predicted octanol–water partition coefficient (Wildman–Crippen LogP) is 4.97. The summed E-state index contributed by atoms with van der Waals surface area (Å²) in [5.74, 6) is -0.304. The second kappa shape index (κ2) is 6.52. The van der Waals surface area contributed by atoms with Crippen LogP contribution in [-0.4, -0.2) is 5.97 Å². The fourth-order valence-corrected chi connectivity index (χ4v) is 2.86. The molecule has 2 nitrogen and oxygen atoms in total. The third-order valence-electron chi connectivity index (χ3n) is 2.69. The normalized spacial score (nSPS) is 11.9. The summed E-state index contributed by atoms with van der Waals surface area (Å²) < 4.78 is 7.44. The zero-order valence-electron chi connectivity index (χ0n) is 10.3. The van der Waals surface area contributed by atoms with E-state index >= 15 is 0 Å². The molecule has 0 aliphatic carbocycles. The number of rotatable bonds is 3. The number of carbonyl (C=O) groups is 1. The molecule has 0 N–H and O–H groups in total. The van der Waals surface area contributed by atoms with Gasteiger partial charge in [-0.3, -0.25) is 0 Å². The van der Waals surface area contributed by atoms with Gasteiger partial charge in [-0.15, -0.1) is 0 Å². The lowest BCUT2D eigenvalue weighted by atomic mass is 10.1. The predicted molar refractivity (Wildman–Crippen MR) is 87.1 cm³/mol. The standard InChI is InChI=1S/C15H12BrIO2/c1-10(13-7-2-3-8-14(13)16)19-15(18)11-5-4-6-12(17)9-11/h2-10H,1H3/t10-/m0/s1. The average Bonchev–Trinajstić information content (AvgIpc) is 2.39. The first-order valence-electron chi connectivity index (χ1n) is 5.79. The van der Waals surface area contributed by atoms with E-state index in [1.54, 1.807) is 6.07 Å². The largest absolute Gasteiger partial charge is 0.454 e. The maximum absolute atomic E-state index is 12.1. The van der Waals surface area contributed by atoms with Crippen LogP contribution in [0, 0.1) is 3.57 Å². The molecule has 0 spiro atoms. The number of carbonyl (C=O) groups excluding carboxylic acids is 1. The van der Waals surface area contributed by atoms with Crippen LogP contribution in [-0.2, 0) is 4.74 Å². The Balaban J connectivity index is 2.13. The van der Waals surface area contributed by atoms with Gasteiger partial charge >= 0.3 is 5.97 Å². The third-order valence-corrected chi connectivity index (χ3v) is 4.08. The second-order valence-electron chi connectivity index (χ2n) is 4.08. The molecule has 0 aliphatic rings.